The molecule has 1 N–H and O–H groups in total. The molecule has 0 aliphatic rings. The quantitative estimate of drug-likeness (QED) is 0.788. The highest BCUT2D eigenvalue weighted by atomic mass is 16.5. The number of carbonyl (C=O) groups excluding carboxylic acids is 1. The Bertz CT molecular complexity index is 851. The van der Waals surface area contributed by atoms with E-state index in [1.54, 1.807) is 33.8 Å². The molecule has 0 saturated carbocycles. The van der Waals surface area contributed by atoms with Crippen LogP contribution in [0.4, 0.5) is 0 Å². The van der Waals surface area contributed by atoms with Crippen molar-refractivity contribution in [2.24, 2.45) is 0 Å². The second-order valence-electron chi connectivity index (χ2n) is 5.13. The first kappa shape index (κ1) is 14.2. The van der Waals surface area contributed by atoms with Crippen LogP contribution in [0, 0.1) is 20.8 Å². The average Bonchev–Trinajstić information content (AvgIpc) is 3.05. The van der Waals surface area contributed by atoms with Gasteiger partial charge in [-0.2, -0.15) is 4.98 Å². The number of hydrogen-bond acceptors (Lipinski definition) is 7. The van der Waals surface area contributed by atoms with E-state index in [0.717, 1.165) is 0 Å². The van der Waals surface area contributed by atoms with Gasteiger partial charge in [0.1, 0.15) is 6.04 Å². The maximum atomic E-state index is 12.6. The van der Waals surface area contributed by atoms with Gasteiger partial charge >= 0.3 is 0 Å². The first-order valence-corrected chi connectivity index (χ1v) is 6.80. The van der Waals surface area contributed by atoms with Gasteiger partial charge in [0, 0.05) is 5.69 Å². The van der Waals surface area contributed by atoms with E-state index in [0.29, 0.717) is 39.8 Å². The number of hydrogen-bond donors (Lipinski definition) is 1. The predicted molar refractivity (Wildman–Crippen MR) is 76.2 cm³/mol. The van der Waals surface area contributed by atoms with Crippen LogP contribution < -0.4 is 5.32 Å². The fourth-order valence-electron chi connectivity index (χ4n) is 2.22. The summed E-state index contributed by atoms with van der Waals surface area (Å²) in [6.07, 6.45) is 0. The number of nitrogens with zero attached hydrogens (tertiary/aromatic N) is 4. The molecule has 0 bridgehead atoms. The summed E-state index contributed by atoms with van der Waals surface area (Å²) in [7, 11) is 0. The van der Waals surface area contributed by atoms with E-state index < -0.39 is 6.04 Å². The molecule has 3 aromatic rings. The molecule has 0 aromatic carbocycles. The first-order valence-electron chi connectivity index (χ1n) is 6.80. The second kappa shape index (κ2) is 5.21. The van der Waals surface area contributed by atoms with Gasteiger partial charge in [-0.3, -0.25) is 4.79 Å². The molecule has 0 fully saturated rings. The zero-order chi connectivity index (χ0) is 15.9. The number of pyridine rings is 1. The molecule has 3 rings (SSSR count). The number of fused-ring (bicyclic) bond motifs is 1. The third kappa shape index (κ3) is 2.43. The Balaban J connectivity index is 1.93. The summed E-state index contributed by atoms with van der Waals surface area (Å²) in [5.41, 5.74) is 2.11. The fraction of sp³-hybridized carbons (Fsp3) is 0.357. The molecule has 0 aliphatic carbocycles. The van der Waals surface area contributed by atoms with E-state index >= 15 is 0 Å². The minimum atomic E-state index is -0.405. The van der Waals surface area contributed by atoms with Gasteiger partial charge in [-0.05, 0) is 33.8 Å². The third-order valence-electron chi connectivity index (χ3n) is 3.25. The van der Waals surface area contributed by atoms with Gasteiger partial charge in [-0.25, -0.2) is 4.98 Å². The van der Waals surface area contributed by atoms with Gasteiger partial charge in [-0.15, -0.1) is 0 Å². The molecule has 0 spiro atoms. The molecular weight excluding hydrogens is 286 g/mol. The van der Waals surface area contributed by atoms with Crippen LogP contribution in [0.1, 0.15) is 46.4 Å². The Labute approximate surface area is 125 Å². The van der Waals surface area contributed by atoms with E-state index in [4.69, 9.17) is 9.05 Å². The van der Waals surface area contributed by atoms with Crippen LogP contribution in [0.25, 0.3) is 11.1 Å². The number of aryl methyl sites for hydroxylation is 3. The number of nitrogens with one attached hydrogen (secondary N) is 1. The highest BCUT2D eigenvalue weighted by Crippen LogP contribution is 2.22. The molecule has 114 valence electrons. The second-order valence-corrected chi connectivity index (χ2v) is 5.13. The molecule has 8 nitrogen and oxygen atoms in total. The molecule has 0 unspecified atom stereocenters. The molecule has 0 radical (unpaired) electrons. The maximum absolute atomic E-state index is 12.6. The molecule has 0 aliphatic heterocycles. The van der Waals surface area contributed by atoms with E-state index in [2.05, 4.69) is 25.6 Å². The van der Waals surface area contributed by atoms with Crippen molar-refractivity contribution in [3.63, 3.8) is 0 Å². The van der Waals surface area contributed by atoms with E-state index in [-0.39, 0.29) is 5.91 Å². The highest BCUT2D eigenvalue weighted by Gasteiger charge is 2.21. The third-order valence-corrected chi connectivity index (χ3v) is 3.25. The summed E-state index contributed by atoms with van der Waals surface area (Å²) in [4.78, 5) is 20.9. The summed E-state index contributed by atoms with van der Waals surface area (Å²) in [6.45, 7) is 7.05. The van der Waals surface area contributed by atoms with Crippen molar-refractivity contribution in [2.75, 3.05) is 0 Å². The van der Waals surface area contributed by atoms with Crippen molar-refractivity contribution in [3.05, 3.63) is 34.7 Å². The van der Waals surface area contributed by atoms with E-state index in [1.807, 2.05) is 0 Å². The van der Waals surface area contributed by atoms with E-state index in [1.165, 1.54) is 0 Å². The van der Waals surface area contributed by atoms with Gasteiger partial charge in [-0.1, -0.05) is 10.3 Å². The van der Waals surface area contributed by atoms with Crippen molar-refractivity contribution >= 4 is 17.0 Å². The number of amides is 1. The van der Waals surface area contributed by atoms with Crippen molar-refractivity contribution < 1.29 is 13.8 Å². The molecular formula is C14H15N5O3. The van der Waals surface area contributed by atoms with Gasteiger partial charge < -0.3 is 14.4 Å². The summed E-state index contributed by atoms with van der Waals surface area (Å²) in [5, 5.41) is 11.0. The smallest absolute Gasteiger partial charge is 0.258 e. The highest BCUT2D eigenvalue weighted by molar-refractivity contribution is 6.06. The monoisotopic (exact) mass is 301 g/mol. The Kier molecular flexibility index (Phi) is 3.36. The van der Waals surface area contributed by atoms with E-state index in [9.17, 15) is 4.79 Å². The van der Waals surface area contributed by atoms with Crippen LogP contribution >= 0.6 is 0 Å². The Morgan fingerprint density at radius 1 is 1.18 bits per heavy atom. The average molecular weight is 301 g/mol. The lowest BCUT2D eigenvalue weighted by atomic mass is 10.1. The molecule has 3 heterocycles. The topological polar surface area (TPSA) is 107 Å². The molecule has 8 heteroatoms. The van der Waals surface area contributed by atoms with Gasteiger partial charge in [0.05, 0.1) is 16.6 Å². The number of aromatic nitrogens is 4. The predicted octanol–water partition coefficient (Wildman–Crippen LogP) is 2.02. The summed E-state index contributed by atoms with van der Waals surface area (Å²) in [5.74, 6) is 0.605. The van der Waals surface area contributed by atoms with Crippen LogP contribution in [0.15, 0.2) is 15.1 Å². The fourth-order valence-corrected chi connectivity index (χ4v) is 2.22. The number of rotatable bonds is 3. The van der Waals surface area contributed by atoms with Crippen LogP contribution in [0.5, 0.6) is 0 Å². The summed E-state index contributed by atoms with van der Waals surface area (Å²) >= 11 is 0. The van der Waals surface area contributed by atoms with Crippen molar-refractivity contribution in [1.82, 2.24) is 25.6 Å². The minimum Gasteiger partial charge on any atom is -0.340 e. The SMILES string of the molecule is Cc1cc(C(=O)N[C@@H](C)c2nc(C)no2)c2c(C)noc2n1. The summed E-state index contributed by atoms with van der Waals surface area (Å²) in [6, 6.07) is 1.30. The lowest BCUT2D eigenvalue weighted by molar-refractivity contribution is 0.0934. The van der Waals surface area contributed by atoms with Crippen LogP contribution in [0.3, 0.4) is 0 Å². The Morgan fingerprint density at radius 3 is 2.64 bits per heavy atom. The maximum Gasteiger partial charge on any atom is 0.258 e. The van der Waals surface area contributed by atoms with Crippen LogP contribution in [0.2, 0.25) is 0 Å². The molecule has 1 amide bonds. The molecule has 0 saturated heterocycles. The van der Waals surface area contributed by atoms with Gasteiger partial charge in [0.25, 0.3) is 11.6 Å². The van der Waals surface area contributed by atoms with Crippen LogP contribution in [-0.4, -0.2) is 26.2 Å². The lowest BCUT2D eigenvalue weighted by Gasteiger charge is -2.10. The summed E-state index contributed by atoms with van der Waals surface area (Å²) < 4.78 is 10.2. The Morgan fingerprint density at radius 2 is 1.95 bits per heavy atom. The number of carbonyl (C=O) groups is 1. The zero-order valence-corrected chi connectivity index (χ0v) is 12.7. The van der Waals surface area contributed by atoms with Crippen molar-refractivity contribution in [3.8, 4) is 0 Å². The zero-order valence-electron chi connectivity index (χ0n) is 12.7. The largest absolute Gasteiger partial charge is 0.340 e. The van der Waals surface area contributed by atoms with Crippen molar-refractivity contribution in [1.29, 1.82) is 0 Å². The normalized spacial score (nSPS) is 12.5. The van der Waals surface area contributed by atoms with Crippen molar-refractivity contribution in [2.45, 2.75) is 33.7 Å². The van der Waals surface area contributed by atoms with Gasteiger partial charge in [0.2, 0.25) is 5.89 Å². The Hall–Kier alpha value is -2.77. The standard InChI is InChI=1S/C14H15N5O3/c1-6-5-10(11-7(2)18-22-14(11)15-6)12(20)16-8(3)13-17-9(4)19-21-13/h5,8H,1-4H3,(H,16,20)/t8-/m0/s1. The molecule has 22 heavy (non-hydrogen) atoms. The van der Waals surface area contributed by atoms with Crippen LogP contribution in [-0.2, 0) is 0 Å². The molecule has 3 aromatic heterocycles. The van der Waals surface area contributed by atoms with Gasteiger partial charge in [0.15, 0.2) is 5.82 Å². The first-order chi connectivity index (χ1) is 10.5. The lowest BCUT2D eigenvalue weighted by Crippen LogP contribution is -2.27. The minimum absolute atomic E-state index is 0.273. The molecule has 1 atom stereocenters.